The summed E-state index contributed by atoms with van der Waals surface area (Å²) in [5.74, 6) is -0.00110. The number of non-ortho nitro benzene ring substituents is 1. The summed E-state index contributed by atoms with van der Waals surface area (Å²) in [5, 5.41) is 14.1. The number of nitro groups is 1. The van der Waals surface area contributed by atoms with E-state index < -0.39 is 10.8 Å². The maximum absolute atomic E-state index is 12.7. The molecule has 27 heavy (non-hydrogen) atoms. The van der Waals surface area contributed by atoms with Crippen molar-refractivity contribution in [1.29, 1.82) is 0 Å². The molecule has 1 aromatic carbocycles. The number of anilines is 1. The zero-order chi connectivity index (χ0) is 19.7. The predicted molar refractivity (Wildman–Crippen MR) is 104 cm³/mol. The highest BCUT2D eigenvalue weighted by Crippen LogP contribution is 2.23. The van der Waals surface area contributed by atoms with Gasteiger partial charge in [-0.25, -0.2) is 4.98 Å². The van der Waals surface area contributed by atoms with Gasteiger partial charge in [0.15, 0.2) is 0 Å². The number of aryl methyl sites for hydroxylation is 3. The summed E-state index contributed by atoms with van der Waals surface area (Å²) in [6, 6.07) is 6.06. The highest BCUT2D eigenvalue weighted by Gasteiger charge is 2.16. The van der Waals surface area contributed by atoms with Gasteiger partial charge in [0.05, 0.1) is 16.0 Å². The zero-order valence-electron chi connectivity index (χ0n) is 15.1. The van der Waals surface area contributed by atoms with Gasteiger partial charge in [-0.05, 0) is 31.9 Å². The second-order valence-corrected chi connectivity index (χ2v) is 7.26. The molecule has 0 radical (unpaired) electrons. The summed E-state index contributed by atoms with van der Waals surface area (Å²) < 4.78 is 1.32. The maximum Gasteiger partial charge on any atom is 0.271 e. The minimum Gasteiger partial charge on any atom is -0.324 e. The molecule has 0 aliphatic heterocycles. The number of hydrogen-bond acceptors (Lipinski definition) is 6. The molecule has 0 spiro atoms. The fraction of sp³-hybridized carbons (Fsp3) is 0.278. The molecule has 2 aromatic heterocycles. The minimum atomic E-state index is -0.524. The number of benzene rings is 1. The number of nitro benzene ring substituents is 1. The van der Waals surface area contributed by atoms with E-state index in [1.165, 1.54) is 28.0 Å². The summed E-state index contributed by atoms with van der Waals surface area (Å²) in [6.07, 6.45) is 0.812. The largest absolute Gasteiger partial charge is 0.324 e. The molecule has 0 saturated carbocycles. The summed E-state index contributed by atoms with van der Waals surface area (Å²) in [7, 11) is 0. The second-order valence-electron chi connectivity index (χ2n) is 6.14. The number of hydrogen-bond donors (Lipinski definition) is 1. The van der Waals surface area contributed by atoms with Crippen molar-refractivity contribution >= 4 is 38.8 Å². The van der Waals surface area contributed by atoms with Crippen LogP contribution in [0.1, 0.15) is 23.2 Å². The Balaban J connectivity index is 1.89. The first kappa shape index (κ1) is 18.7. The van der Waals surface area contributed by atoms with E-state index in [1.807, 2.05) is 13.0 Å². The molecule has 0 atom stereocenters. The molecule has 1 amide bonds. The van der Waals surface area contributed by atoms with Crippen LogP contribution in [0.3, 0.4) is 0 Å². The molecular weight excluding hydrogens is 368 g/mol. The molecule has 2 heterocycles. The second kappa shape index (κ2) is 7.28. The number of nitrogens with zero attached hydrogens (tertiary/aromatic N) is 3. The van der Waals surface area contributed by atoms with Crippen molar-refractivity contribution in [2.24, 2.45) is 0 Å². The molecule has 0 bridgehead atoms. The van der Waals surface area contributed by atoms with Crippen molar-refractivity contribution in [3.8, 4) is 0 Å². The van der Waals surface area contributed by atoms with Crippen LogP contribution in [0.15, 0.2) is 29.1 Å². The fourth-order valence-electron chi connectivity index (χ4n) is 2.72. The molecule has 0 aliphatic rings. The minimum absolute atomic E-state index is 0.113. The van der Waals surface area contributed by atoms with E-state index >= 15 is 0 Å². The van der Waals surface area contributed by atoms with Crippen LogP contribution in [0.5, 0.6) is 0 Å². The Bertz CT molecular complexity index is 1120. The molecule has 8 nitrogen and oxygen atoms in total. The topological polar surface area (TPSA) is 107 Å². The molecule has 9 heteroatoms. The molecule has 140 valence electrons. The van der Waals surface area contributed by atoms with Gasteiger partial charge in [-0.1, -0.05) is 13.0 Å². The number of carbonyl (C=O) groups excluding carboxylic acids is 1. The van der Waals surface area contributed by atoms with Crippen molar-refractivity contribution in [3.05, 3.63) is 61.0 Å². The van der Waals surface area contributed by atoms with E-state index in [4.69, 9.17) is 0 Å². The highest BCUT2D eigenvalue weighted by molar-refractivity contribution is 7.18. The van der Waals surface area contributed by atoms with E-state index in [0.29, 0.717) is 27.3 Å². The first-order chi connectivity index (χ1) is 12.8. The van der Waals surface area contributed by atoms with Gasteiger partial charge in [-0.3, -0.25) is 24.3 Å². The lowest BCUT2D eigenvalue weighted by Crippen LogP contribution is -2.30. The van der Waals surface area contributed by atoms with Crippen LogP contribution in [0.25, 0.3) is 10.2 Å². The molecule has 0 fully saturated rings. The Hall–Kier alpha value is -3.07. The van der Waals surface area contributed by atoms with Gasteiger partial charge in [-0.15, -0.1) is 11.3 Å². The van der Waals surface area contributed by atoms with Crippen LogP contribution in [-0.2, 0) is 17.8 Å². The molecule has 0 aliphatic carbocycles. The molecule has 3 aromatic rings. The Morgan fingerprint density at radius 1 is 1.33 bits per heavy atom. The predicted octanol–water partition coefficient (Wildman–Crippen LogP) is 3.18. The van der Waals surface area contributed by atoms with Gasteiger partial charge < -0.3 is 5.32 Å². The molecule has 1 N–H and O–H groups in total. The SMILES string of the molecule is CCc1cc2c(=O)n(CC(=O)Nc3cc([N+](=O)[O-])ccc3C)c(C)nc2s1. The van der Waals surface area contributed by atoms with E-state index in [0.717, 1.165) is 11.3 Å². The van der Waals surface area contributed by atoms with Crippen molar-refractivity contribution in [1.82, 2.24) is 9.55 Å². The number of nitrogens with one attached hydrogen (secondary N) is 1. The number of rotatable bonds is 5. The van der Waals surface area contributed by atoms with E-state index in [-0.39, 0.29) is 17.8 Å². The maximum atomic E-state index is 12.7. The lowest BCUT2D eigenvalue weighted by Gasteiger charge is -2.11. The molecule has 0 unspecified atom stereocenters. The average molecular weight is 386 g/mol. The highest BCUT2D eigenvalue weighted by atomic mass is 32.1. The van der Waals surface area contributed by atoms with Gasteiger partial charge in [-0.2, -0.15) is 0 Å². The first-order valence-corrected chi connectivity index (χ1v) is 9.16. The standard InChI is InChI=1S/C18H18N4O4S/c1-4-13-8-14-17(27-13)19-11(3)21(18(14)24)9-16(23)20-15-7-12(22(25)26)6-5-10(15)2/h5-8H,4,9H2,1-3H3,(H,20,23). The molecule has 0 saturated heterocycles. The smallest absolute Gasteiger partial charge is 0.271 e. The summed E-state index contributed by atoms with van der Waals surface area (Å²) in [6.45, 7) is 5.21. The van der Waals surface area contributed by atoms with E-state index in [9.17, 15) is 19.7 Å². The van der Waals surface area contributed by atoms with Crippen LogP contribution >= 0.6 is 11.3 Å². The van der Waals surface area contributed by atoms with Crippen molar-refractivity contribution < 1.29 is 9.72 Å². The van der Waals surface area contributed by atoms with Crippen molar-refractivity contribution in [2.75, 3.05) is 5.32 Å². The third-order valence-corrected chi connectivity index (χ3v) is 5.42. The number of thiophene rings is 1. The van der Waals surface area contributed by atoms with E-state index in [1.54, 1.807) is 19.9 Å². The number of amides is 1. The summed E-state index contributed by atoms with van der Waals surface area (Å²) in [4.78, 5) is 41.7. The van der Waals surface area contributed by atoms with Gasteiger partial charge >= 0.3 is 0 Å². The Kier molecular flexibility index (Phi) is 5.04. The number of fused-ring (bicyclic) bond motifs is 1. The Labute approximate surface area is 158 Å². The normalized spacial score (nSPS) is 10.9. The Morgan fingerprint density at radius 3 is 2.74 bits per heavy atom. The van der Waals surface area contributed by atoms with Gasteiger partial charge in [0.1, 0.15) is 17.2 Å². The number of carbonyl (C=O) groups is 1. The van der Waals surface area contributed by atoms with Crippen LogP contribution < -0.4 is 10.9 Å². The lowest BCUT2D eigenvalue weighted by atomic mass is 10.2. The quantitative estimate of drug-likeness (QED) is 0.535. The van der Waals surface area contributed by atoms with E-state index in [2.05, 4.69) is 10.3 Å². The fourth-order valence-corrected chi connectivity index (χ4v) is 3.72. The van der Waals surface area contributed by atoms with Crippen LogP contribution in [-0.4, -0.2) is 20.4 Å². The monoisotopic (exact) mass is 386 g/mol. The lowest BCUT2D eigenvalue weighted by molar-refractivity contribution is -0.384. The number of aromatic nitrogens is 2. The van der Waals surface area contributed by atoms with Gasteiger partial charge in [0.25, 0.3) is 11.2 Å². The Morgan fingerprint density at radius 2 is 2.07 bits per heavy atom. The molecule has 3 rings (SSSR count). The zero-order valence-corrected chi connectivity index (χ0v) is 15.9. The van der Waals surface area contributed by atoms with Gasteiger partial charge in [0.2, 0.25) is 5.91 Å². The van der Waals surface area contributed by atoms with Crippen molar-refractivity contribution in [3.63, 3.8) is 0 Å². The van der Waals surface area contributed by atoms with Gasteiger partial charge in [0, 0.05) is 17.0 Å². The molecular formula is C18H18N4O4S. The van der Waals surface area contributed by atoms with Crippen molar-refractivity contribution in [2.45, 2.75) is 33.7 Å². The first-order valence-electron chi connectivity index (χ1n) is 8.35. The summed E-state index contributed by atoms with van der Waals surface area (Å²) >= 11 is 1.47. The third kappa shape index (κ3) is 3.72. The van der Waals surface area contributed by atoms with Crippen LogP contribution in [0.4, 0.5) is 11.4 Å². The van der Waals surface area contributed by atoms with Crippen LogP contribution in [0.2, 0.25) is 0 Å². The average Bonchev–Trinajstić information content (AvgIpc) is 3.03. The third-order valence-electron chi connectivity index (χ3n) is 4.25. The van der Waals surface area contributed by atoms with Crippen LogP contribution in [0, 0.1) is 24.0 Å². The summed E-state index contributed by atoms with van der Waals surface area (Å²) in [5.41, 5.74) is 0.659.